The van der Waals surface area contributed by atoms with Crippen molar-refractivity contribution in [3.63, 3.8) is 0 Å². The number of carbonyl (C=O) groups excluding carboxylic acids is 1. The number of hydrogen-bond donors (Lipinski definition) is 1. The van der Waals surface area contributed by atoms with Gasteiger partial charge in [-0.3, -0.25) is 4.79 Å². The average Bonchev–Trinajstić information content (AvgIpc) is 2.27. The molecule has 18 heavy (non-hydrogen) atoms. The lowest BCUT2D eigenvalue weighted by Crippen LogP contribution is -2.26. The number of alkyl halides is 1. The molecule has 0 aliphatic rings. The molecule has 1 amide bonds. The van der Waals surface area contributed by atoms with Crippen LogP contribution in [0.4, 0.5) is 8.78 Å². The fraction of sp³-hybridized carbons (Fsp3) is 0.417. The molecule has 0 heterocycles. The standard InChI is InChI=1S/C12H13BrClF2NO/c13-8-6-9(15)11(10(16)7-8)12(18)17-5-3-1-2-4-14/h6-7H,1-5H2,(H,17,18). The summed E-state index contributed by atoms with van der Waals surface area (Å²) in [4.78, 5) is 11.6. The lowest BCUT2D eigenvalue weighted by Gasteiger charge is -2.07. The van der Waals surface area contributed by atoms with Crippen LogP contribution >= 0.6 is 27.5 Å². The Labute approximate surface area is 118 Å². The maximum absolute atomic E-state index is 13.4. The minimum Gasteiger partial charge on any atom is -0.352 e. The summed E-state index contributed by atoms with van der Waals surface area (Å²) in [5.41, 5.74) is -0.546. The molecule has 1 aromatic rings. The second-order valence-corrected chi connectivity index (χ2v) is 5.04. The van der Waals surface area contributed by atoms with Gasteiger partial charge in [-0.15, -0.1) is 11.6 Å². The molecule has 0 fully saturated rings. The zero-order valence-corrected chi connectivity index (χ0v) is 12.0. The van der Waals surface area contributed by atoms with E-state index in [9.17, 15) is 13.6 Å². The smallest absolute Gasteiger partial charge is 0.257 e. The first-order chi connectivity index (χ1) is 8.56. The average molecular weight is 341 g/mol. The van der Waals surface area contributed by atoms with Crippen molar-refractivity contribution in [2.45, 2.75) is 19.3 Å². The van der Waals surface area contributed by atoms with Gasteiger partial charge < -0.3 is 5.32 Å². The van der Waals surface area contributed by atoms with Crippen LogP contribution in [0, 0.1) is 11.6 Å². The predicted octanol–water partition coefficient (Wildman–Crippen LogP) is 3.87. The molecule has 0 aromatic heterocycles. The van der Waals surface area contributed by atoms with Gasteiger partial charge in [0.1, 0.15) is 17.2 Å². The van der Waals surface area contributed by atoms with E-state index in [-0.39, 0.29) is 4.47 Å². The molecule has 100 valence electrons. The Hall–Kier alpha value is -0.680. The van der Waals surface area contributed by atoms with E-state index >= 15 is 0 Å². The molecule has 0 saturated heterocycles. The van der Waals surface area contributed by atoms with Crippen molar-refractivity contribution in [3.8, 4) is 0 Å². The molecule has 1 aromatic carbocycles. The van der Waals surface area contributed by atoms with Crippen LogP contribution < -0.4 is 5.32 Å². The number of hydrogen-bond acceptors (Lipinski definition) is 1. The first-order valence-electron chi connectivity index (χ1n) is 5.55. The summed E-state index contributed by atoms with van der Waals surface area (Å²) in [7, 11) is 0. The molecule has 0 atom stereocenters. The Bertz CT molecular complexity index is 406. The van der Waals surface area contributed by atoms with Crippen molar-refractivity contribution in [1.82, 2.24) is 5.32 Å². The molecule has 0 aliphatic heterocycles. The van der Waals surface area contributed by atoms with Crippen LogP contribution in [0.5, 0.6) is 0 Å². The maximum atomic E-state index is 13.4. The van der Waals surface area contributed by atoms with E-state index in [0.29, 0.717) is 12.4 Å². The van der Waals surface area contributed by atoms with Crippen LogP contribution in [0.2, 0.25) is 0 Å². The van der Waals surface area contributed by atoms with Crippen LogP contribution in [0.15, 0.2) is 16.6 Å². The van der Waals surface area contributed by atoms with Crippen LogP contribution in [0.3, 0.4) is 0 Å². The first kappa shape index (κ1) is 15.4. The van der Waals surface area contributed by atoms with Gasteiger partial charge in [-0.05, 0) is 25.0 Å². The largest absolute Gasteiger partial charge is 0.352 e. The molecule has 0 radical (unpaired) electrons. The summed E-state index contributed by atoms with van der Waals surface area (Å²) in [6.45, 7) is 0.380. The number of rotatable bonds is 6. The Morgan fingerprint density at radius 2 is 1.83 bits per heavy atom. The molecule has 1 N–H and O–H groups in total. The van der Waals surface area contributed by atoms with Gasteiger partial charge in [0.25, 0.3) is 5.91 Å². The Morgan fingerprint density at radius 3 is 2.39 bits per heavy atom. The van der Waals surface area contributed by atoms with Crippen LogP contribution in [-0.2, 0) is 0 Å². The van der Waals surface area contributed by atoms with Crippen molar-refractivity contribution in [1.29, 1.82) is 0 Å². The van der Waals surface area contributed by atoms with E-state index in [4.69, 9.17) is 11.6 Å². The fourth-order valence-electron chi connectivity index (χ4n) is 1.45. The summed E-state index contributed by atoms with van der Waals surface area (Å²) in [5.74, 6) is -1.91. The van der Waals surface area contributed by atoms with Gasteiger partial charge in [0.2, 0.25) is 0 Å². The minimum atomic E-state index is -0.875. The fourth-order valence-corrected chi connectivity index (χ4v) is 2.04. The van der Waals surface area contributed by atoms with E-state index in [1.54, 1.807) is 0 Å². The third-order valence-electron chi connectivity index (χ3n) is 2.33. The number of amides is 1. The van der Waals surface area contributed by atoms with Crippen molar-refractivity contribution in [2.75, 3.05) is 12.4 Å². The zero-order valence-electron chi connectivity index (χ0n) is 9.61. The van der Waals surface area contributed by atoms with Gasteiger partial charge >= 0.3 is 0 Å². The normalized spacial score (nSPS) is 10.4. The third-order valence-corrected chi connectivity index (χ3v) is 3.06. The lowest BCUT2D eigenvalue weighted by atomic mass is 10.2. The lowest BCUT2D eigenvalue weighted by molar-refractivity contribution is 0.0944. The first-order valence-corrected chi connectivity index (χ1v) is 6.87. The van der Waals surface area contributed by atoms with Gasteiger partial charge in [0, 0.05) is 16.9 Å². The second kappa shape index (κ2) is 7.69. The molecule has 0 unspecified atom stereocenters. The molecular weight excluding hydrogens is 327 g/mol. The summed E-state index contributed by atoms with van der Waals surface area (Å²) in [5, 5.41) is 2.48. The molecule has 0 saturated carbocycles. The third kappa shape index (κ3) is 4.53. The monoisotopic (exact) mass is 339 g/mol. The van der Waals surface area contributed by atoms with Crippen molar-refractivity contribution in [2.24, 2.45) is 0 Å². The Kier molecular flexibility index (Phi) is 6.57. The van der Waals surface area contributed by atoms with Gasteiger partial charge in [-0.25, -0.2) is 8.78 Å². The van der Waals surface area contributed by atoms with Gasteiger partial charge in [-0.1, -0.05) is 22.4 Å². The van der Waals surface area contributed by atoms with E-state index in [0.717, 1.165) is 31.4 Å². The van der Waals surface area contributed by atoms with Crippen LogP contribution in [0.25, 0.3) is 0 Å². The Morgan fingerprint density at radius 1 is 1.22 bits per heavy atom. The van der Waals surface area contributed by atoms with Gasteiger partial charge in [-0.2, -0.15) is 0 Å². The number of carbonyl (C=O) groups is 1. The number of halogens is 4. The van der Waals surface area contributed by atoms with E-state index in [1.807, 2.05) is 0 Å². The summed E-state index contributed by atoms with van der Waals surface area (Å²) < 4.78 is 27.1. The highest BCUT2D eigenvalue weighted by Gasteiger charge is 2.17. The molecule has 1 rings (SSSR count). The van der Waals surface area contributed by atoms with Crippen LogP contribution in [0.1, 0.15) is 29.6 Å². The van der Waals surface area contributed by atoms with E-state index in [2.05, 4.69) is 21.2 Å². The molecule has 0 bridgehead atoms. The van der Waals surface area contributed by atoms with E-state index < -0.39 is 23.1 Å². The molecule has 0 aliphatic carbocycles. The predicted molar refractivity (Wildman–Crippen MR) is 71.0 cm³/mol. The highest BCUT2D eigenvalue weighted by Crippen LogP contribution is 2.19. The number of nitrogens with one attached hydrogen (secondary N) is 1. The topological polar surface area (TPSA) is 29.1 Å². The second-order valence-electron chi connectivity index (χ2n) is 3.75. The minimum absolute atomic E-state index is 0.260. The van der Waals surface area contributed by atoms with Crippen LogP contribution in [-0.4, -0.2) is 18.3 Å². The quantitative estimate of drug-likeness (QED) is 0.618. The number of unbranched alkanes of at least 4 members (excludes halogenated alkanes) is 2. The zero-order chi connectivity index (χ0) is 13.5. The maximum Gasteiger partial charge on any atom is 0.257 e. The van der Waals surface area contributed by atoms with Crippen molar-refractivity contribution in [3.05, 3.63) is 33.8 Å². The highest BCUT2D eigenvalue weighted by atomic mass is 79.9. The SMILES string of the molecule is O=C(NCCCCCCl)c1c(F)cc(Br)cc1F. The number of benzene rings is 1. The van der Waals surface area contributed by atoms with Gasteiger partial charge in [0.15, 0.2) is 0 Å². The summed E-state index contributed by atoms with van der Waals surface area (Å²) in [6, 6.07) is 2.12. The molecule has 0 spiro atoms. The highest BCUT2D eigenvalue weighted by molar-refractivity contribution is 9.10. The van der Waals surface area contributed by atoms with Crippen molar-refractivity contribution < 1.29 is 13.6 Å². The summed E-state index contributed by atoms with van der Waals surface area (Å²) >= 11 is 8.46. The summed E-state index contributed by atoms with van der Waals surface area (Å²) in [6.07, 6.45) is 2.46. The molecular formula is C12H13BrClF2NO. The Balaban J connectivity index is 2.57. The molecule has 2 nitrogen and oxygen atoms in total. The van der Waals surface area contributed by atoms with E-state index in [1.165, 1.54) is 0 Å². The van der Waals surface area contributed by atoms with Crippen molar-refractivity contribution >= 4 is 33.4 Å². The molecule has 6 heteroatoms. The van der Waals surface area contributed by atoms with Gasteiger partial charge in [0.05, 0.1) is 0 Å².